The molecule has 3 heteroatoms. The third kappa shape index (κ3) is 3.79. The van der Waals surface area contributed by atoms with Crippen LogP contribution >= 0.6 is 0 Å². The van der Waals surface area contributed by atoms with Gasteiger partial charge in [-0.05, 0) is 59.2 Å². The monoisotopic (exact) mass is 354 g/mol. The van der Waals surface area contributed by atoms with Gasteiger partial charge >= 0.3 is 0 Å². The van der Waals surface area contributed by atoms with Crippen LogP contribution in [-0.4, -0.2) is 30.6 Å². The predicted octanol–water partition coefficient (Wildman–Crippen LogP) is 4.71. The molecule has 0 spiro atoms. The molecule has 2 aromatic rings. The Hall–Kier alpha value is -1.84. The van der Waals surface area contributed by atoms with Gasteiger partial charge in [0.05, 0.1) is 12.6 Å². The number of nitrogens with zero attached hydrogens (tertiary/aromatic N) is 1. The molecule has 3 nitrogen and oxygen atoms in total. The number of methoxy groups -OCH3 is 1. The van der Waals surface area contributed by atoms with Crippen molar-refractivity contribution in [1.82, 2.24) is 4.90 Å². The molecule has 0 aliphatic heterocycles. The second kappa shape index (κ2) is 8.70. The number of aryl methyl sites for hydroxylation is 1. The van der Waals surface area contributed by atoms with Crippen molar-refractivity contribution < 1.29 is 4.74 Å². The number of ether oxygens (including phenoxy) is 1. The number of nitrogens with two attached hydrogens (primary N) is 1. The summed E-state index contributed by atoms with van der Waals surface area (Å²) in [5.41, 5.74) is 9.53. The zero-order valence-electron chi connectivity index (χ0n) is 17.1. The molecule has 1 unspecified atom stereocenters. The summed E-state index contributed by atoms with van der Waals surface area (Å²) in [6.45, 7) is 11.8. The molecule has 0 bridgehead atoms. The largest absolute Gasteiger partial charge is 0.496 e. The fourth-order valence-electron chi connectivity index (χ4n) is 4.40. The van der Waals surface area contributed by atoms with Gasteiger partial charge in [0, 0.05) is 17.6 Å². The van der Waals surface area contributed by atoms with Gasteiger partial charge in [-0.15, -0.1) is 0 Å². The zero-order valence-corrected chi connectivity index (χ0v) is 17.1. The Bertz CT molecular complexity index is 689. The van der Waals surface area contributed by atoms with Gasteiger partial charge in [0.1, 0.15) is 5.75 Å². The number of rotatable bonds is 8. The third-order valence-electron chi connectivity index (χ3n) is 5.11. The van der Waals surface area contributed by atoms with E-state index in [0.29, 0.717) is 18.6 Å². The summed E-state index contributed by atoms with van der Waals surface area (Å²) in [4.78, 5) is 2.58. The van der Waals surface area contributed by atoms with Crippen molar-refractivity contribution in [3.8, 4) is 5.75 Å². The summed E-state index contributed by atoms with van der Waals surface area (Å²) in [5.74, 6) is 0.916. The first-order valence-electron chi connectivity index (χ1n) is 9.57. The summed E-state index contributed by atoms with van der Waals surface area (Å²) >= 11 is 0. The Morgan fingerprint density at radius 1 is 1.00 bits per heavy atom. The molecule has 0 heterocycles. The van der Waals surface area contributed by atoms with Crippen LogP contribution in [0.5, 0.6) is 5.75 Å². The molecule has 0 aliphatic carbocycles. The van der Waals surface area contributed by atoms with E-state index in [4.69, 9.17) is 10.5 Å². The molecule has 0 aromatic heterocycles. The lowest BCUT2D eigenvalue weighted by Crippen LogP contribution is -2.54. The van der Waals surface area contributed by atoms with E-state index in [1.165, 1.54) is 16.7 Å². The topological polar surface area (TPSA) is 38.5 Å². The Morgan fingerprint density at radius 2 is 1.62 bits per heavy atom. The van der Waals surface area contributed by atoms with E-state index in [-0.39, 0.29) is 5.54 Å². The SMILES string of the molecule is COc1ccc(C)cc1C(CCN)(c1ccccc1)N(C(C)C)C(C)C. The van der Waals surface area contributed by atoms with Crippen LogP contribution in [0.25, 0.3) is 0 Å². The van der Waals surface area contributed by atoms with Crippen LogP contribution in [0.3, 0.4) is 0 Å². The highest BCUT2D eigenvalue weighted by molar-refractivity contribution is 5.49. The molecular weight excluding hydrogens is 320 g/mol. The molecule has 0 amide bonds. The smallest absolute Gasteiger partial charge is 0.124 e. The van der Waals surface area contributed by atoms with E-state index in [2.05, 4.69) is 88.0 Å². The van der Waals surface area contributed by atoms with Crippen LogP contribution in [-0.2, 0) is 5.54 Å². The van der Waals surface area contributed by atoms with Gasteiger partial charge in [0.15, 0.2) is 0 Å². The highest BCUT2D eigenvalue weighted by atomic mass is 16.5. The number of hydrogen-bond acceptors (Lipinski definition) is 3. The van der Waals surface area contributed by atoms with Crippen LogP contribution in [0.1, 0.15) is 50.8 Å². The fourth-order valence-corrected chi connectivity index (χ4v) is 4.40. The fraction of sp³-hybridized carbons (Fsp3) is 0.478. The van der Waals surface area contributed by atoms with Gasteiger partial charge in [-0.2, -0.15) is 0 Å². The van der Waals surface area contributed by atoms with E-state index in [9.17, 15) is 0 Å². The molecule has 2 rings (SSSR count). The summed E-state index contributed by atoms with van der Waals surface area (Å²) in [6, 6.07) is 17.9. The minimum absolute atomic E-state index is 0.338. The molecule has 2 aromatic carbocycles. The van der Waals surface area contributed by atoms with E-state index in [1.807, 2.05) is 0 Å². The molecule has 26 heavy (non-hydrogen) atoms. The Morgan fingerprint density at radius 3 is 2.12 bits per heavy atom. The first-order valence-corrected chi connectivity index (χ1v) is 9.57. The van der Waals surface area contributed by atoms with Crippen molar-refractivity contribution in [2.45, 2.75) is 58.7 Å². The van der Waals surface area contributed by atoms with Crippen LogP contribution in [0, 0.1) is 6.92 Å². The number of benzene rings is 2. The average Bonchev–Trinajstić information content (AvgIpc) is 2.61. The molecular formula is C23H34N2O. The van der Waals surface area contributed by atoms with E-state index in [0.717, 1.165) is 12.2 Å². The lowest BCUT2D eigenvalue weighted by atomic mass is 9.76. The van der Waals surface area contributed by atoms with Crippen molar-refractivity contribution in [3.05, 3.63) is 65.2 Å². The van der Waals surface area contributed by atoms with Crippen LogP contribution in [0.4, 0.5) is 0 Å². The molecule has 0 saturated carbocycles. The minimum atomic E-state index is -0.338. The zero-order chi connectivity index (χ0) is 19.3. The van der Waals surface area contributed by atoms with Crippen molar-refractivity contribution >= 4 is 0 Å². The molecule has 0 radical (unpaired) electrons. The number of hydrogen-bond donors (Lipinski definition) is 1. The maximum absolute atomic E-state index is 6.19. The lowest BCUT2D eigenvalue weighted by Gasteiger charge is -2.50. The maximum atomic E-state index is 6.19. The highest BCUT2D eigenvalue weighted by Gasteiger charge is 2.44. The van der Waals surface area contributed by atoms with Gasteiger partial charge in [-0.25, -0.2) is 0 Å². The van der Waals surface area contributed by atoms with E-state index >= 15 is 0 Å². The molecule has 0 saturated heterocycles. The van der Waals surface area contributed by atoms with Gasteiger partial charge in [-0.1, -0.05) is 48.0 Å². The van der Waals surface area contributed by atoms with E-state index in [1.54, 1.807) is 7.11 Å². The minimum Gasteiger partial charge on any atom is -0.496 e. The van der Waals surface area contributed by atoms with Crippen molar-refractivity contribution in [2.75, 3.05) is 13.7 Å². The van der Waals surface area contributed by atoms with Gasteiger partial charge in [0.2, 0.25) is 0 Å². The standard InChI is InChI=1S/C23H34N2O/c1-17(2)25(18(3)4)23(14-15-24,20-10-8-7-9-11-20)21-16-19(5)12-13-22(21)26-6/h7-13,16-18H,14-15,24H2,1-6H3. The Labute approximate surface area is 159 Å². The molecule has 1 atom stereocenters. The Kier molecular flexibility index (Phi) is 6.85. The van der Waals surface area contributed by atoms with Crippen molar-refractivity contribution in [2.24, 2.45) is 5.73 Å². The van der Waals surface area contributed by atoms with Gasteiger partial charge in [-0.3, -0.25) is 4.90 Å². The Balaban J connectivity index is 2.90. The predicted molar refractivity (Wildman–Crippen MR) is 111 cm³/mol. The summed E-state index contributed by atoms with van der Waals surface area (Å²) in [6.07, 6.45) is 0.827. The second-order valence-corrected chi connectivity index (χ2v) is 7.56. The quantitative estimate of drug-likeness (QED) is 0.746. The maximum Gasteiger partial charge on any atom is 0.124 e. The summed E-state index contributed by atoms with van der Waals surface area (Å²) in [7, 11) is 1.75. The summed E-state index contributed by atoms with van der Waals surface area (Å²) in [5, 5.41) is 0. The summed E-state index contributed by atoms with van der Waals surface area (Å²) < 4.78 is 5.82. The molecule has 0 aliphatic rings. The third-order valence-corrected chi connectivity index (χ3v) is 5.11. The van der Waals surface area contributed by atoms with Crippen LogP contribution < -0.4 is 10.5 Å². The lowest BCUT2D eigenvalue weighted by molar-refractivity contribution is 0.0441. The second-order valence-electron chi connectivity index (χ2n) is 7.56. The molecule has 2 N–H and O–H groups in total. The van der Waals surface area contributed by atoms with Crippen LogP contribution in [0.2, 0.25) is 0 Å². The van der Waals surface area contributed by atoms with Crippen molar-refractivity contribution in [1.29, 1.82) is 0 Å². The first kappa shape index (κ1) is 20.5. The highest BCUT2D eigenvalue weighted by Crippen LogP contribution is 2.45. The molecule has 0 fully saturated rings. The van der Waals surface area contributed by atoms with Crippen molar-refractivity contribution in [3.63, 3.8) is 0 Å². The normalized spacial score (nSPS) is 14.1. The average molecular weight is 355 g/mol. The first-order chi connectivity index (χ1) is 12.4. The van der Waals surface area contributed by atoms with Crippen LogP contribution in [0.15, 0.2) is 48.5 Å². The molecule has 142 valence electrons. The van der Waals surface area contributed by atoms with Gasteiger partial charge in [0.25, 0.3) is 0 Å². The van der Waals surface area contributed by atoms with E-state index < -0.39 is 0 Å². The van der Waals surface area contributed by atoms with Gasteiger partial charge < -0.3 is 10.5 Å².